The van der Waals surface area contributed by atoms with Gasteiger partial charge < -0.3 is 14.7 Å². The molecule has 160 valence electrons. The Labute approximate surface area is 174 Å². The summed E-state index contributed by atoms with van der Waals surface area (Å²) in [6, 6.07) is 0. The quantitative estimate of drug-likeness (QED) is 0.717. The first-order valence-electron chi connectivity index (χ1n) is 10.1. The Morgan fingerprint density at radius 2 is 1.90 bits per heavy atom. The number of carbonyl (C=O) groups is 3. The SMILES string of the molecule is CCOCc1nnc(N2CC(C(=O)N3C[C@H]4CCCC[C@H]4C3)CC2=O)s1.O=CO. The molecule has 3 atom stereocenters. The van der Waals surface area contributed by atoms with Crippen LogP contribution < -0.4 is 4.90 Å². The molecule has 0 aromatic carbocycles. The molecule has 1 N–H and O–H groups in total. The predicted molar refractivity (Wildman–Crippen MR) is 106 cm³/mol. The lowest BCUT2D eigenvalue weighted by molar-refractivity contribution is -0.135. The third-order valence-corrected chi connectivity index (χ3v) is 6.80. The van der Waals surface area contributed by atoms with Crippen LogP contribution in [0.25, 0.3) is 0 Å². The number of carboxylic acid groups (broad SMARTS) is 1. The number of rotatable bonds is 5. The van der Waals surface area contributed by atoms with E-state index in [4.69, 9.17) is 14.6 Å². The van der Waals surface area contributed by atoms with E-state index in [1.807, 2.05) is 11.8 Å². The monoisotopic (exact) mass is 424 g/mol. The van der Waals surface area contributed by atoms with Crippen molar-refractivity contribution >= 4 is 34.8 Å². The summed E-state index contributed by atoms with van der Waals surface area (Å²) in [5, 5.41) is 16.4. The molecule has 1 unspecified atom stereocenters. The summed E-state index contributed by atoms with van der Waals surface area (Å²) in [6.45, 7) is 4.89. The lowest BCUT2D eigenvalue weighted by atomic mass is 9.82. The minimum absolute atomic E-state index is 0.0286. The normalized spacial score (nSPS) is 26.1. The number of nitrogens with zero attached hydrogens (tertiary/aromatic N) is 4. The molecule has 4 rings (SSSR count). The van der Waals surface area contributed by atoms with Gasteiger partial charge in [-0.25, -0.2) is 0 Å². The van der Waals surface area contributed by atoms with Crippen LogP contribution in [0.5, 0.6) is 0 Å². The molecule has 0 radical (unpaired) electrons. The van der Waals surface area contributed by atoms with Crippen molar-refractivity contribution in [2.45, 2.75) is 45.6 Å². The Morgan fingerprint density at radius 3 is 2.52 bits per heavy atom. The van der Waals surface area contributed by atoms with Crippen LogP contribution >= 0.6 is 11.3 Å². The van der Waals surface area contributed by atoms with Gasteiger partial charge in [-0.15, -0.1) is 10.2 Å². The van der Waals surface area contributed by atoms with Gasteiger partial charge in [0, 0.05) is 32.7 Å². The minimum atomic E-state index is -0.250. The van der Waals surface area contributed by atoms with Crippen molar-refractivity contribution < 1.29 is 24.2 Å². The molecule has 9 nitrogen and oxygen atoms in total. The molecule has 10 heteroatoms. The van der Waals surface area contributed by atoms with Gasteiger partial charge in [-0.1, -0.05) is 24.2 Å². The van der Waals surface area contributed by atoms with E-state index in [0.717, 1.165) is 18.1 Å². The van der Waals surface area contributed by atoms with Crippen molar-refractivity contribution in [1.29, 1.82) is 0 Å². The number of aromatic nitrogens is 2. The van der Waals surface area contributed by atoms with E-state index in [9.17, 15) is 9.59 Å². The van der Waals surface area contributed by atoms with Crippen molar-refractivity contribution in [3.8, 4) is 0 Å². The van der Waals surface area contributed by atoms with Gasteiger partial charge in [0.15, 0.2) is 0 Å². The van der Waals surface area contributed by atoms with E-state index in [2.05, 4.69) is 10.2 Å². The molecule has 0 spiro atoms. The van der Waals surface area contributed by atoms with Crippen LogP contribution in [0, 0.1) is 17.8 Å². The number of likely N-dealkylation sites (tertiary alicyclic amines) is 1. The Balaban J connectivity index is 0.000000755. The Kier molecular flexibility index (Phi) is 7.54. The van der Waals surface area contributed by atoms with Gasteiger partial charge in [0.2, 0.25) is 16.9 Å². The Hall–Kier alpha value is -2.07. The highest BCUT2D eigenvalue weighted by molar-refractivity contribution is 7.15. The van der Waals surface area contributed by atoms with Crippen LogP contribution in [0.2, 0.25) is 0 Å². The lowest BCUT2D eigenvalue weighted by Gasteiger charge is -2.22. The first-order valence-corrected chi connectivity index (χ1v) is 11.0. The summed E-state index contributed by atoms with van der Waals surface area (Å²) in [7, 11) is 0. The Bertz CT molecular complexity index is 713. The van der Waals surface area contributed by atoms with Crippen molar-refractivity contribution in [2.75, 3.05) is 31.1 Å². The standard InChI is InChI=1S/C18H26N4O3S.CH2O2/c1-2-25-11-15-19-20-18(26-15)22-10-14(7-16(22)23)17(24)21-8-12-5-3-4-6-13(12)9-21;2-1-3/h12-14H,2-11H2,1H3;1H,(H,2,3)/t12-,13+,14?;. The first-order chi connectivity index (χ1) is 14.1. The van der Waals surface area contributed by atoms with Crippen LogP contribution in [0.1, 0.15) is 44.0 Å². The molecule has 29 heavy (non-hydrogen) atoms. The van der Waals surface area contributed by atoms with Crippen LogP contribution in [-0.2, 0) is 25.7 Å². The average Bonchev–Trinajstić information content (AvgIpc) is 3.44. The second-order valence-corrected chi connectivity index (χ2v) is 8.71. The Morgan fingerprint density at radius 1 is 1.24 bits per heavy atom. The minimum Gasteiger partial charge on any atom is -0.483 e. The fraction of sp³-hybridized carbons (Fsp3) is 0.737. The number of hydrogen-bond acceptors (Lipinski definition) is 7. The second-order valence-electron chi connectivity index (χ2n) is 7.67. The van der Waals surface area contributed by atoms with Crippen molar-refractivity contribution in [3.63, 3.8) is 0 Å². The number of fused-ring (bicyclic) bond motifs is 1. The average molecular weight is 425 g/mol. The van der Waals surface area contributed by atoms with Gasteiger partial charge >= 0.3 is 0 Å². The van der Waals surface area contributed by atoms with Gasteiger partial charge in [0.05, 0.1) is 5.92 Å². The molecule has 2 saturated heterocycles. The number of hydrogen-bond donors (Lipinski definition) is 1. The van der Waals surface area contributed by atoms with E-state index in [0.29, 0.717) is 36.7 Å². The van der Waals surface area contributed by atoms with E-state index >= 15 is 0 Å². The fourth-order valence-corrected chi connectivity index (χ4v) is 5.31. The fourth-order valence-electron chi connectivity index (χ4n) is 4.50. The number of ether oxygens (including phenoxy) is 1. The number of anilines is 1. The summed E-state index contributed by atoms with van der Waals surface area (Å²) in [5.41, 5.74) is 0. The third-order valence-electron chi connectivity index (χ3n) is 5.88. The van der Waals surface area contributed by atoms with Crippen LogP contribution in [0.4, 0.5) is 5.13 Å². The number of carbonyl (C=O) groups excluding carboxylic acids is 2. The molecule has 0 bridgehead atoms. The maximum Gasteiger partial charge on any atom is 0.290 e. The molecule has 3 heterocycles. The largest absolute Gasteiger partial charge is 0.483 e. The molecule has 2 amide bonds. The second kappa shape index (κ2) is 10.1. The van der Waals surface area contributed by atoms with Crippen LogP contribution in [0.15, 0.2) is 0 Å². The van der Waals surface area contributed by atoms with Gasteiger partial charge in [0.25, 0.3) is 6.47 Å². The summed E-state index contributed by atoms with van der Waals surface area (Å²) < 4.78 is 5.34. The first kappa shape index (κ1) is 21.6. The molecule has 1 aromatic heterocycles. The van der Waals surface area contributed by atoms with Gasteiger partial charge in [0.1, 0.15) is 11.6 Å². The van der Waals surface area contributed by atoms with Crippen LogP contribution in [-0.4, -0.2) is 64.7 Å². The van der Waals surface area contributed by atoms with Gasteiger partial charge in [-0.05, 0) is 31.6 Å². The molecular formula is C19H28N4O5S. The zero-order valence-electron chi connectivity index (χ0n) is 16.7. The van der Waals surface area contributed by atoms with Gasteiger partial charge in [-0.3, -0.25) is 19.3 Å². The molecule has 3 aliphatic rings. The van der Waals surface area contributed by atoms with Crippen molar-refractivity contribution in [2.24, 2.45) is 17.8 Å². The van der Waals surface area contributed by atoms with Crippen molar-refractivity contribution in [3.05, 3.63) is 5.01 Å². The summed E-state index contributed by atoms with van der Waals surface area (Å²) in [5.74, 6) is 1.21. The van der Waals surface area contributed by atoms with Crippen LogP contribution in [0.3, 0.4) is 0 Å². The van der Waals surface area contributed by atoms with E-state index in [-0.39, 0.29) is 30.6 Å². The highest BCUT2D eigenvalue weighted by Gasteiger charge is 2.42. The summed E-state index contributed by atoms with van der Waals surface area (Å²) >= 11 is 1.37. The molecule has 2 aliphatic heterocycles. The summed E-state index contributed by atoms with van der Waals surface area (Å²) in [4.78, 5) is 37.4. The molecular weight excluding hydrogens is 396 g/mol. The smallest absolute Gasteiger partial charge is 0.290 e. The zero-order valence-corrected chi connectivity index (χ0v) is 17.5. The molecule has 3 fully saturated rings. The topological polar surface area (TPSA) is 113 Å². The highest BCUT2D eigenvalue weighted by Crippen LogP contribution is 2.37. The van der Waals surface area contributed by atoms with E-state index in [1.54, 1.807) is 4.90 Å². The molecule has 1 saturated carbocycles. The predicted octanol–water partition coefficient (Wildman–Crippen LogP) is 1.78. The third kappa shape index (κ3) is 5.11. The molecule has 1 aliphatic carbocycles. The molecule has 1 aromatic rings. The number of amides is 2. The zero-order chi connectivity index (χ0) is 20.8. The van der Waals surface area contributed by atoms with E-state index in [1.165, 1.54) is 37.0 Å². The van der Waals surface area contributed by atoms with Crippen molar-refractivity contribution in [1.82, 2.24) is 15.1 Å². The lowest BCUT2D eigenvalue weighted by Crippen LogP contribution is -2.36. The van der Waals surface area contributed by atoms with E-state index < -0.39 is 0 Å². The van der Waals surface area contributed by atoms with Gasteiger partial charge in [-0.2, -0.15) is 0 Å². The highest BCUT2D eigenvalue weighted by atomic mass is 32.1. The summed E-state index contributed by atoms with van der Waals surface area (Å²) in [6.07, 6.45) is 5.36. The maximum absolute atomic E-state index is 13.0. The maximum atomic E-state index is 13.0.